The molecule has 0 saturated heterocycles. The fourth-order valence-electron chi connectivity index (χ4n) is 1.88. The molecular formula is C15H18N2O6. The first kappa shape index (κ1) is 18.1. The van der Waals surface area contributed by atoms with Crippen LogP contribution in [-0.2, 0) is 9.59 Å². The van der Waals surface area contributed by atoms with Gasteiger partial charge in [-0.15, -0.1) is 0 Å². The van der Waals surface area contributed by atoms with E-state index in [-0.39, 0.29) is 30.1 Å². The fraction of sp³-hybridized carbons (Fsp3) is 0.333. The molecule has 0 spiro atoms. The Morgan fingerprint density at radius 3 is 2.04 bits per heavy atom. The Kier molecular flexibility index (Phi) is 6.25. The Labute approximate surface area is 132 Å². The van der Waals surface area contributed by atoms with Crippen molar-refractivity contribution in [2.75, 3.05) is 13.1 Å². The Balaban J connectivity index is 2.95. The predicted octanol–water partition coefficient (Wildman–Crippen LogP) is 0.436. The summed E-state index contributed by atoms with van der Waals surface area (Å²) in [6.45, 7) is 2.81. The third kappa shape index (κ3) is 5.10. The normalized spacial score (nSPS) is 11.4. The molecule has 124 valence electrons. The maximum Gasteiger partial charge on any atom is 0.335 e. The van der Waals surface area contributed by atoms with Gasteiger partial charge in [0.05, 0.1) is 5.56 Å². The number of hydrogen-bond acceptors (Lipinski definition) is 4. The maximum atomic E-state index is 12.5. The SMILES string of the molecule is CC(=O)NCCN(C(=O)c1ccc(C(=O)O)cc1)C(C)C(=O)O. The molecule has 1 unspecified atom stereocenters. The van der Waals surface area contributed by atoms with Gasteiger partial charge in [-0.1, -0.05) is 0 Å². The minimum absolute atomic E-state index is 0.0204. The monoisotopic (exact) mass is 322 g/mol. The van der Waals surface area contributed by atoms with Gasteiger partial charge in [0.2, 0.25) is 5.91 Å². The third-order valence-corrected chi connectivity index (χ3v) is 3.19. The van der Waals surface area contributed by atoms with E-state index in [0.29, 0.717) is 0 Å². The van der Waals surface area contributed by atoms with Crippen molar-refractivity contribution in [1.82, 2.24) is 10.2 Å². The summed E-state index contributed by atoms with van der Waals surface area (Å²) >= 11 is 0. The highest BCUT2D eigenvalue weighted by Gasteiger charge is 2.26. The first-order chi connectivity index (χ1) is 10.7. The van der Waals surface area contributed by atoms with Gasteiger partial charge in [-0.25, -0.2) is 9.59 Å². The number of nitrogens with zero attached hydrogens (tertiary/aromatic N) is 1. The lowest BCUT2D eigenvalue weighted by Gasteiger charge is -2.26. The highest BCUT2D eigenvalue weighted by atomic mass is 16.4. The molecule has 0 aliphatic heterocycles. The molecule has 8 heteroatoms. The number of aliphatic carboxylic acids is 1. The standard InChI is InChI=1S/C15H18N2O6/c1-9(14(20)21)17(8-7-16-10(2)18)13(19)11-3-5-12(6-4-11)15(22)23/h3-6,9H,7-8H2,1-2H3,(H,16,18)(H,20,21)(H,22,23). The molecule has 1 atom stereocenters. The smallest absolute Gasteiger partial charge is 0.335 e. The summed E-state index contributed by atoms with van der Waals surface area (Å²) in [4.78, 5) is 46.4. The molecule has 0 bridgehead atoms. The van der Waals surface area contributed by atoms with Crippen LogP contribution in [0.2, 0.25) is 0 Å². The number of nitrogens with one attached hydrogen (secondary N) is 1. The van der Waals surface area contributed by atoms with Gasteiger partial charge in [-0.3, -0.25) is 9.59 Å². The number of amides is 2. The maximum absolute atomic E-state index is 12.5. The van der Waals surface area contributed by atoms with E-state index in [1.54, 1.807) is 0 Å². The van der Waals surface area contributed by atoms with E-state index < -0.39 is 23.9 Å². The van der Waals surface area contributed by atoms with Crippen LogP contribution in [0.4, 0.5) is 0 Å². The van der Waals surface area contributed by atoms with Crippen LogP contribution < -0.4 is 5.32 Å². The quantitative estimate of drug-likeness (QED) is 0.669. The summed E-state index contributed by atoms with van der Waals surface area (Å²) < 4.78 is 0. The molecule has 1 aromatic rings. The topological polar surface area (TPSA) is 124 Å². The van der Waals surface area contributed by atoms with Crippen molar-refractivity contribution < 1.29 is 29.4 Å². The molecule has 0 heterocycles. The van der Waals surface area contributed by atoms with E-state index >= 15 is 0 Å². The van der Waals surface area contributed by atoms with Gasteiger partial charge in [-0.05, 0) is 31.2 Å². The molecule has 0 aliphatic carbocycles. The molecule has 8 nitrogen and oxygen atoms in total. The Hall–Kier alpha value is -2.90. The molecule has 0 fully saturated rings. The largest absolute Gasteiger partial charge is 0.480 e. The van der Waals surface area contributed by atoms with E-state index in [2.05, 4.69) is 5.32 Å². The second-order valence-corrected chi connectivity index (χ2v) is 4.88. The van der Waals surface area contributed by atoms with Crippen molar-refractivity contribution >= 4 is 23.8 Å². The zero-order chi connectivity index (χ0) is 17.6. The molecule has 0 radical (unpaired) electrons. The van der Waals surface area contributed by atoms with Crippen molar-refractivity contribution in [3.8, 4) is 0 Å². The van der Waals surface area contributed by atoms with Gasteiger partial charge >= 0.3 is 11.9 Å². The Bertz CT molecular complexity index is 611. The first-order valence-electron chi connectivity index (χ1n) is 6.85. The van der Waals surface area contributed by atoms with E-state index in [1.807, 2.05) is 0 Å². The highest BCUT2D eigenvalue weighted by Crippen LogP contribution is 2.11. The zero-order valence-electron chi connectivity index (χ0n) is 12.8. The number of carboxylic acids is 2. The molecule has 0 saturated carbocycles. The van der Waals surface area contributed by atoms with Crippen molar-refractivity contribution in [3.05, 3.63) is 35.4 Å². The van der Waals surface area contributed by atoms with Gasteiger partial charge in [0.15, 0.2) is 0 Å². The van der Waals surface area contributed by atoms with E-state index in [1.165, 1.54) is 38.1 Å². The number of carbonyl (C=O) groups is 4. The van der Waals surface area contributed by atoms with Crippen molar-refractivity contribution in [1.29, 1.82) is 0 Å². The van der Waals surface area contributed by atoms with Gasteiger partial charge < -0.3 is 20.4 Å². The predicted molar refractivity (Wildman–Crippen MR) is 80.2 cm³/mol. The minimum atomic E-state index is -1.18. The van der Waals surface area contributed by atoms with Gasteiger partial charge in [0.25, 0.3) is 5.91 Å². The fourth-order valence-corrected chi connectivity index (χ4v) is 1.88. The second-order valence-electron chi connectivity index (χ2n) is 4.88. The zero-order valence-corrected chi connectivity index (χ0v) is 12.8. The molecular weight excluding hydrogens is 304 g/mol. The molecule has 23 heavy (non-hydrogen) atoms. The van der Waals surface area contributed by atoms with Crippen LogP contribution in [0.5, 0.6) is 0 Å². The number of carbonyl (C=O) groups excluding carboxylic acids is 2. The number of rotatable bonds is 7. The molecule has 3 N–H and O–H groups in total. The number of aromatic carboxylic acids is 1. The Morgan fingerprint density at radius 1 is 1.09 bits per heavy atom. The summed E-state index contributed by atoms with van der Waals surface area (Å²) in [5, 5.41) is 20.5. The molecule has 0 aromatic heterocycles. The highest BCUT2D eigenvalue weighted by molar-refractivity contribution is 5.97. The summed E-state index contributed by atoms with van der Waals surface area (Å²) in [5.74, 6) is -3.14. The molecule has 2 amide bonds. The van der Waals surface area contributed by atoms with Crippen LogP contribution in [0.25, 0.3) is 0 Å². The molecule has 0 aliphatic rings. The number of carboxylic acid groups (broad SMARTS) is 2. The number of hydrogen-bond donors (Lipinski definition) is 3. The molecule has 1 rings (SSSR count). The lowest BCUT2D eigenvalue weighted by molar-refractivity contribution is -0.141. The van der Waals surface area contributed by atoms with Crippen molar-refractivity contribution in [2.24, 2.45) is 0 Å². The van der Waals surface area contributed by atoms with E-state index in [4.69, 9.17) is 10.2 Å². The van der Waals surface area contributed by atoms with Crippen LogP contribution in [0.1, 0.15) is 34.6 Å². The Morgan fingerprint density at radius 2 is 1.61 bits per heavy atom. The van der Waals surface area contributed by atoms with Crippen LogP contribution in [0.3, 0.4) is 0 Å². The van der Waals surface area contributed by atoms with Gasteiger partial charge in [0, 0.05) is 25.6 Å². The summed E-state index contributed by atoms with van der Waals surface area (Å²) in [7, 11) is 0. The van der Waals surface area contributed by atoms with Crippen molar-refractivity contribution in [2.45, 2.75) is 19.9 Å². The molecule has 1 aromatic carbocycles. The van der Waals surface area contributed by atoms with Crippen LogP contribution in [0.15, 0.2) is 24.3 Å². The lowest BCUT2D eigenvalue weighted by atomic mass is 10.1. The lowest BCUT2D eigenvalue weighted by Crippen LogP contribution is -2.46. The average molecular weight is 322 g/mol. The first-order valence-corrected chi connectivity index (χ1v) is 6.85. The van der Waals surface area contributed by atoms with E-state index in [9.17, 15) is 19.2 Å². The van der Waals surface area contributed by atoms with Crippen LogP contribution >= 0.6 is 0 Å². The summed E-state index contributed by atoms with van der Waals surface area (Å²) in [6, 6.07) is 4.10. The van der Waals surface area contributed by atoms with Crippen LogP contribution in [-0.4, -0.2) is 58.0 Å². The van der Waals surface area contributed by atoms with Crippen LogP contribution in [0, 0.1) is 0 Å². The average Bonchev–Trinajstić information content (AvgIpc) is 2.50. The number of benzene rings is 1. The van der Waals surface area contributed by atoms with Gasteiger partial charge in [0.1, 0.15) is 6.04 Å². The summed E-state index contributed by atoms with van der Waals surface area (Å²) in [6.07, 6.45) is 0. The van der Waals surface area contributed by atoms with E-state index in [0.717, 1.165) is 4.90 Å². The minimum Gasteiger partial charge on any atom is -0.480 e. The second kappa shape index (κ2) is 7.92. The summed E-state index contributed by atoms with van der Waals surface area (Å²) in [5.41, 5.74) is 0.198. The third-order valence-electron chi connectivity index (χ3n) is 3.19. The van der Waals surface area contributed by atoms with Crippen molar-refractivity contribution in [3.63, 3.8) is 0 Å². The van der Waals surface area contributed by atoms with Gasteiger partial charge in [-0.2, -0.15) is 0 Å².